The van der Waals surface area contributed by atoms with Crippen LogP contribution in [0.1, 0.15) is 18.5 Å². The number of methoxy groups -OCH3 is 1. The maximum Gasteiger partial charge on any atom is 0.338 e. The molecule has 0 aromatic heterocycles. The van der Waals surface area contributed by atoms with E-state index in [2.05, 4.69) is 10.3 Å². The van der Waals surface area contributed by atoms with Gasteiger partial charge in [-0.15, -0.1) is 0 Å². The van der Waals surface area contributed by atoms with E-state index < -0.39 is 17.8 Å². The highest BCUT2D eigenvalue weighted by atomic mass is 19.1. The monoisotopic (exact) mass is 293 g/mol. The predicted octanol–water partition coefficient (Wildman–Crippen LogP) is 0.980. The summed E-state index contributed by atoms with van der Waals surface area (Å²) in [5.41, 5.74) is 6.62. The minimum absolute atomic E-state index is 0.0791. The first-order valence-electron chi connectivity index (χ1n) is 6.29. The predicted molar refractivity (Wildman–Crippen MR) is 75.1 cm³/mol. The molecule has 6 nitrogen and oxygen atoms in total. The van der Waals surface area contributed by atoms with Crippen molar-refractivity contribution in [3.63, 3.8) is 0 Å². The fraction of sp³-hybridized carbons (Fsp3) is 0.286. The summed E-state index contributed by atoms with van der Waals surface area (Å²) in [5.74, 6) is -0.922. The number of ether oxygens (including phenoxy) is 1. The summed E-state index contributed by atoms with van der Waals surface area (Å²) in [4.78, 5) is 16.3. The molecule has 4 N–H and O–H groups in total. The van der Waals surface area contributed by atoms with Crippen LogP contribution in [-0.2, 0) is 9.53 Å². The Morgan fingerprint density at radius 3 is 2.86 bits per heavy atom. The quantitative estimate of drug-likeness (QED) is 0.722. The molecule has 1 aromatic carbocycles. The number of nitrogens with zero attached hydrogens (tertiary/aromatic N) is 1. The van der Waals surface area contributed by atoms with Crippen LogP contribution in [0.25, 0.3) is 0 Å². The fourth-order valence-electron chi connectivity index (χ4n) is 2.22. The average molecular weight is 293 g/mol. The lowest BCUT2D eigenvalue weighted by Crippen LogP contribution is -2.34. The van der Waals surface area contributed by atoms with E-state index in [1.165, 1.54) is 19.2 Å². The number of esters is 1. The molecule has 0 bridgehead atoms. The van der Waals surface area contributed by atoms with Crippen molar-refractivity contribution in [3.8, 4) is 5.75 Å². The van der Waals surface area contributed by atoms with E-state index in [-0.39, 0.29) is 17.9 Å². The molecule has 1 aromatic rings. The second-order valence-corrected chi connectivity index (χ2v) is 4.53. The Labute approximate surface area is 121 Å². The number of phenols is 1. The molecular formula is C14H16FN3O3. The van der Waals surface area contributed by atoms with Crippen molar-refractivity contribution in [1.82, 2.24) is 5.32 Å². The van der Waals surface area contributed by atoms with Crippen molar-refractivity contribution in [2.45, 2.75) is 13.0 Å². The van der Waals surface area contributed by atoms with Gasteiger partial charge in [-0.25, -0.2) is 9.18 Å². The van der Waals surface area contributed by atoms with Crippen LogP contribution in [0.2, 0.25) is 0 Å². The molecule has 1 aliphatic rings. The zero-order valence-corrected chi connectivity index (χ0v) is 11.7. The minimum Gasteiger partial charge on any atom is -0.507 e. The number of phenolic OH excluding ortho intramolecular Hbond substituents is 1. The molecule has 0 saturated heterocycles. The Morgan fingerprint density at radius 1 is 1.57 bits per heavy atom. The average Bonchev–Trinajstić information content (AvgIpc) is 2.45. The zero-order chi connectivity index (χ0) is 15.6. The SMILES string of the molecule is COC(=O)C1=C(CN)NC(C)=NC1c1ccc(F)cc1O. The van der Waals surface area contributed by atoms with Crippen LogP contribution in [0.5, 0.6) is 5.75 Å². The molecule has 0 radical (unpaired) electrons. The lowest BCUT2D eigenvalue weighted by molar-refractivity contribution is -0.136. The number of rotatable bonds is 3. The molecule has 1 heterocycles. The Bertz CT molecular complexity index is 640. The topological polar surface area (TPSA) is 96.9 Å². The van der Waals surface area contributed by atoms with Gasteiger partial charge in [-0.1, -0.05) is 0 Å². The van der Waals surface area contributed by atoms with Gasteiger partial charge in [0, 0.05) is 23.9 Å². The third-order valence-corrected chi connectivity index (χ3v) is 3.15. The molecule has 21 heavy (non-hydrogen) atoms. The van der Waals surface area contributed by atoms with E-state index in [9.17, 15) is 14.3 Å². The van der Waals surface area contributed by atoms with E-state index >= 15 is 0 Å². The van der Waals surface area contributed by atoms with Crippen LogP contribution in [0.4, 0.5) is 4.39 Å². The number of benzene rings is 1. The largest absolute Gasteiger partial charge is 0.507 e. The standard InChI is InChI=1S/C14H16FN3O3/c1-7-17-10(6-16)12(14(20)21-2)13(18-7)9-4-3-8(15)5-11(9)19/h3-5,13,19H,6,16H2,1-2H3,(H,17,18). The van der Waals surface area contributed by atoms with Crippen LogP contribution in [0.3, 0.4) is 0 Å². The van der Waals surface area contributed by atoms with Gasteiger partial charge in [0.2, 0.25) is 0 Å². The molecule has 0 amide bonds. The number of aliphatic imine (C=N–C) groups is 1. The van der Waals surface area contributed by atoms with Crippen molar-refractivity contribution in [2.75, 3.05) is 13.7 Å². The molecular weight excluding hydrogens is 277 g/mol. The number of carbonyl (C=O) groups is 1. The van der Waals surface area contributed by atoms with Gasteiger partial charge in [0.25, 0.3) is 0 Å². The Kier molecular flexibility index (Phi) is 4.23. The summed E-state index contributed by atoms with van der Waals surface area (Å²) in [6.45, 7) is 1.78. The molecule has 112 valence electrons. The van der Waals surface area contributed by atoms with E-state index in [0.29, 0.717) is 17.1 Å². The third kappa shape index (κ3) is 2.87. The number of nitrogens with one attached hydrogen (secondary N) is 1. The van der Waals surface area contributed by atoms with Crippen LogP contribution in [0.15, 0.2) is 34.5 Å². The van der Waals surface area contributed by atoms with Gasteiger partial charge in [-0.05, 0) is 19.1 Å². The second-order valence-electron chi connectivity index (χ2n) is 4.53. The third-order valence-electron chi connectivity index (χ3n) is 3.15. The van der Waals surface area contributed by atoms with Gasteiger partial charge < -0.3 is 20.9 Å². The van der Waals surface area contributed by atoms with Crippen molar-refractivity contribution in [2.24, 2.45) is 10.7 Å². The number of halogens is 1. The highest BCUT2D eigenvalue weighted by molar-refractivity contribution is 5.95. The number of aromatic hydroxyl groups is 1. The number of nitrogens with two attached hydrogens (primary N) is 1. The van der Waals surface area contributed by atoms with Crippen molar-refractivity contribution < 1.29 is 19.0 Å². The zero-order valence-electron chi connectivity index (χ0n) is 11.7. The van der Waals surface area contributed by atoms with Gasteiger partial charge in [0.05, 0.1) is 18.5 Å². The van der Waals surface area contributed by atoms with Gasteiger partial charge in [-0.3, -0.25) is 4.99 Å². The Balaban J connectivity index is 2.58. The first-order valence-corrected chi connectivity index (χ1v) is 6.29. The molecule has 1 aliphatic heterocycles. The highest BCUT2D eigenvalue weighted by Gasteiger charge is 2.31. The van der Waals surface area contributed by atoms with Gasteiger partial charge in [-0.2, -0.15) is 0 Å². The maximum absolute atomic E-state index is 13.1. The summed E-state index contributed by atoms with van der Waals surface area (Å²) in [6, 6.07) is 2.75. The van der Waals surface area contributed by atoms with Gasteiger partial charge >= 0.3 is 5.97 Å². The van der Waals surface area contributed by atoms with Crippen molar-refractivity contribution in [1.29, 1.82) is 0 Å². The highest BCUT2D eigenvalue weighted by Crippen LogP contribution is 2.36. The summed E-state index contributed by atoms with van der Waals surface area (Å²) in [7, 11) is 1.25. The lowest BCUT2D eigenvalue weighted by Gasteiger charge is -2.26. The molecule has 2 rings (SSSR count). The second kappa shape index (κ2) is 5.92. The molecule has 7 heteroatoms. The van der Waals surface area contributed by atoms with Crippen molar-refractivity contribution >= 4 is 11.8 Å². The van der Waals surface area contributed by atoms with E-state index in [1.54, 1.807) is 6.92 Å². The number of hydrogen-bond acceptors (Lipinski definition) is 6. The Hall–Kier alpha value is -2.41. The van der Waals surface area contributed by atoms with E-state index in [0.717, 1.165) is 6.07 Å². The molecule has 0 saturated carbocycles. The molecule has 0 aliphatic carbocycles. The van der Waals surface area contributed by atoms with Crippen LogP contribution >= 0.6 is 0 Å². The van der Waals surface area contributed by atoms with E-state index in [4.69, 9.17) is 10.5 Å². The molecule has 1 atom stereocenters. The summed E-state index contributed by atoms with van der Waals surface area (Å²) >= 11 is 0. The normalized spacial score (nSPS) is 18.1. The molecule has 0 spiro atoms. The number of amidine groups is 1. The van der Waals surface area contributed by atoms with E-state index in [1.807, 2.05) is 0 Å². The summed E-state index contributed by atoms with van der Waals surface area (Å²) in [6.07, 6.45) is 0. The maximum atomic E-state index is 13.1. The smallest absolute Gasteiger partial charge is 0.338 e. The number of hydrogen-bond donors (Lipinski definition) is 3. The number of carbonyl (C=O) groups excluding carboxylic acids is 1. The summed E-state index contributed by atoms with van der Waals surface area (Å²) < 4.78 is 17.9. The molecule has 1 unspecified atom stereocenters. The molecule has 0 fully saturated rings. The van der Waals surface area contributed by atoms with Gasteiger partial charge in [0.15, 0.2) is 0 Å². The first-order chi connectivity index (χ1) is 9.97. The van der Waals surface area contributed by atoms with Crippen LogP contribution in [-0.4, -0.2) is 30.6 Å². The lowest BCUT2D eigenvalue weighted by atomic mass is 9.95. The minimum atomic E-state index is -0.794. The first kappa shape index (κ1) is 15.0. The van der Waals surface area contributed by atoms with Gasteiger partial charge in [0.1, 0.15) is 17.6 Å². The van der Waals surface area contributed by atoms with Crippen molar-refractivity contribution in [3.05, 3.63) is 40.8 Å². The Morgan fingerprint density at radius 2 is 2.29 bits per heavy atom. The van der Waals surface area contributed by atoms with Crippen LogP contribution < -0.4 is 11.1 Å². The summed E-state index contributed by atoms with van der Waals surface area (Å²) in [5, 5.41) is 12.8. The fourth-order valence-corrected chi connectivity index (χ4v) is 2.22. The van der Waals surface area contributed by atoms with Crippen LogP contribution in [0, 0.1) is 5.82 Å².